The average molecular weight is 221 g/mol. The normalized spacial score (nSPS) is 0. The second-order valence-corrected chi connectivity index (χ2v) is 0. The minimum atomic E-state index is 0. The average Bonchev–Trinajstić information content (AvgIpc) is 0. The largest absolute Gasteiger partial charge is 0.344 e. The molecule has 0 saturated heterocycles. The van der Waals surface area contributed by atoms with Crippen LogP contribution in [0.1, 0.15) is 0 Å². The van der Waals surface area contributed by atoms with Crippen molar-refractivity contribution in [2.75, 3.05) is 0 Å². The Morgan fingerprint density at radius 2 is 1.00 bits per heavy atom. The maximum Gasteiger partial charge on any atom is 0 e. The van der Waals surface area contributed by atoms with Gasteiger partial charge < -0.3 is 6.15 Å². The smallest absolute Gasteiger partial charge is 0 e. The van der Waals surface area contributed by atoms with Crippen LogP contribution in [0.5, 0.6) is 0 Å². The van der Waals surface area contributed by atoms with Crippen LogP contribution in [-0.2, 0) is 50.9 Å². The predicted molar refractivity (Wildman–Crippen MR) is 16.5 cm³/mol. The van der Waals surface area contributed by atoms with Gasteiger partial charge in [-0.2, -0.15) is 0 Å². The van der Waals surface area contributed by atoms with Crippen LogP contribution in [0.25, 0.3) is 0 Å². The van der Waals surface area contributed by atoms with Gasteiger partial charge in [0.1, 0.15) is 0 Å². The summed E-state index contributed by atoms with van der Waals surface area (Å²) in [5.74, 6) is 0. The summed E-state index contributed by atoms with van der Waals surface area (Å²) in [6.45, 7) is 0. The third-order valence-corrected chi connectivity index (χ3v) is 0. The molecule has 0 atom stereocenters. The summed E-state index contributed by atoms with van der Waals surface area (Å²) in [6, 6.07) is 0. The molecule has 0 bridgehead atoms. The van der Waals surface area contributed by atoms with Crippen molar-refractivity contribution < 1.29 is 50.9 Å². The fourth-order valence-corrected chi connectivity index (χ4v) is 0. The maximum absolute atomic E-state index is 0. The SMILES string of the molecule is N.[Al].[B].[Cr].[Fe].[Ni]. The first-order chi connectivity index (χ1) is 0. The van der Waals surface area contributed by atoms with Crippen molar-refractivity contribution in [3.63, 3.8) is 0 Å². The number of rotatable bonds is 0. The minimum absolute atomic E-state index is 0. The van der Waals surface area contributed by atoms with Crippen LogP contribution in [0.2, 0.25) is 0 Å². The van der Waals surface area contributed by atoms with E-state index in [1.165, 1.54) is 0 Å². The molecule has 0 aromatic heterocycles. The molecule has 0 saturated carbocycles. The molecule has 0 unspecified atom stereocenters. The van der Waals surface area contributed by atoms with E-state index >= 15 is 0 Å². The first-order valence-corrected chi connectivity index (χ1v) is 0. The Bertz CT molecular complexity index is 15.5. The Hall–Kier alpha value is 2.10. The van der Waals surface area contributed by atoms with Crippen LogP contribution in [0.15, 0.2) is 0 Å². The van der Waals surface area contributed by atoms with E-state index in [1.807, 2.05) is 0 Å². The maximum atomic E-state index is 0. The van der Waals surface area contributed by atoms with Crippen molar-refractivity contribution in [1.29, 1.82) is 0 Å². The Morgan fingerprint density at radius 3 is 1.00 bits per heavy atom. The Labute approximate surface area is 82.2 Å². The van der Waals surface area contributed by atoms with Crippen molar-refractivity contribution in [2.45, 2.75) is 0 Å². The molecule has 0 heterocycles. The molecule has 0 aliphatic carbocycles. The fraction of sp³-hybridized carbons (Fsp3) is 0. The van der Waals surface area contributed by atoms with Crippen LogP contribution < -0.4 is 6.15 Å². The fourth-order valence-electron chi connectivity index (χ4n) is 0. The Kier molecular flexibility index (Phi) is 922. The zero-order valence-electron chi connectivity index (χ0n) is 2.94. The summed E-state index contributed by atoms with van der Waals surface area (Å²) in [4.78, 5) is 0. The molecule has 0 amide bonds. The van der Waals surface area contributed by atoms with Gasteiger partial charge in [-0.3, -0.25) is 0 Å². The number of hydrogen-bond donors (Lipinski definition) is 1. The third kappa shape index (κ3) is 35.9. The molecule has 1 nitrogen and oxygen atoms in total. The predicted octanol–water partition coefficient (Wildman–Crippen LogP) is -0.607. The van der Waals surface area contributed by atoms with Gasteiger partial charge in [-0.05, 0) is 0 Å². The first-order valence-electron chi connectivity index (χ1n) is 0. The van der Waals surface area contributed by atoms with E-state index in [1.54, 1.807) is 0 Å². The zero-order chi connectivity index (χ0) is 0. The quantitative estimate of drug-likeness (QED) is 0.544. The Morgan fingerprint density at radius 1 is 1.00 bits per heavy atom. The molecular formula is H3AlBCrFeNNi. The van der Waals surface area contributed by atoms with Crippen LogP contribution >= 0.6 is 0 Å². The van der Waals surface area contributed by atoms with Crippen LogP contribution in [0, 0.1) is 0 Å². The molecule has 0 spiro atoms. The van der Waals surface area contributed by atoms with E-state index in [2.05, 4.69) is 0 Å². The van der Waals surface area contributed by atoms with E-state index in [4.69, 9.17) is 0 Å². The minimum Gasteiger partial charge on any atom is -0.344 e. The summed E-state index contributed by atoms with van der Waals surface area (Å²) in [5.41, 5.74) is 0. The topological polar surface area (TPSA) is 35.0 Å². The molecule has 6 radical (unpaired) electrons. The summed E-state index contributed by atoms with van der Waals surface area (Å²) < 4.78 is 0. The second kappa shape index (κ2) is 59.8. The van der Waals surface area contributed by atoms with Crippen molar-refractivity contribution >= 4 is 25.8 Å². The second-order valence-electron chi connectivity index (χ2n) is 0. The summed E-state index contributed by atoms with van der Waals surface area (Å²) in [7, 11) is 0. The summed E-state index contributed by atoms with van der Waals surface area (Å²) in [5, 5.41) is 0. The van der Waals surface area contributed by atoms with Gasteiger partial charge >= 0.3 is 0 Å². The molecule has 6 heavy (non-hydrogen) atoms. The molecule has 6 heteroatoms. The molecule has 0 aromatic carbocycles. The summed E-state index contributed by atoms with van der Waals surface area (Å²) in [6.07, 6.45) is 0. The molecule has 0 fully saturated rings. The van der Waals surface area contributed by atoms with Gasteiger partial charge in [0.2, 0.25) is 0 Å². The van der Waals surface area contributed by atoms with Crippen molar-refractivity contribution in [2.24, 2.45) is 0 Å². The third-order valence-electron chi connectivity index (χ3n) is 0. The first kappa shape index (κ1) is 92.4. The van der Waals surface area contributed by atoms with Gasteiger partial charge in [0.25, 0.3) is 0 Å². The van der Waals surface area contributed by atoms with Gasteiger partial charge in [-0.25, -0.2) is 0 Å². The standard InChI is InChI=1S/Al.B.Cr.Fe.H3N.Ni/h;;;;1H3;. The van der Waals surface area contributed by atoms with E-state index in [-0.39, 0.29) is 82.8 Å². The van der Waals surface area contributed by atoms with Crippen molar-refractivity contribution in [1.82, 2.24) is 6.15 Å². The summed E-state index contributed by atoms with van der Waals surface area (Å²) >= 11 is 0. The van der Waals surface area contributed by atoms with E-state index in [9.17, 15) is 0 Å². The molecule has 0 aliphatic rings. The van der Waals surface area contributed by atoms with E-state index in [0.717, 1.165) is 0 Å². The monoisotopic (exact) mass is 221 g/mol. The molecular weight excluding hydrogens is 218 g/mol. The van der Waals surface area contributed by atoms with Gasteiger partial charge in [-0.15, -0.1) is 0 Å². The van der Waals surface area contributed by atoms with Crippen LogP contribution in [0.4, 0.5) is 0 Å². The zero-order valence-corrected chi connectivity index (χ0v) is 7.46. The van der Waals surface area contributed by atoms with Gasteiger partial charge in [0, 0.05) is 76.7 Å². The van der Waals surface area contributed by atoms with Crippen LogP contribution in [0.3, 0.4) is 0 Å². The van der Waals surface area contributed by atoms with Crippen molar-refractivity contribution in [3.05, 3.63) is 0 Å². The van der Waals surface area contributed by atoms with Gasteiger partial charge in [0.15, 0.2) is 0 Å². The van der Waals surface area contributed by atoms with E-state index < -0.39 is 0 Å². The van der Waals surface area contributed by atoms with Gasteiger partial charge in [0.05, 0.1) is 0 Å². The molecule has 3 N–H and O–H groups in total. The molecule has 38 valence electrons. The van der Waals surface area contributed by atoms with E-state index in [0.29, 0.717) is 0 Å². The van der Waals surface area contributed by atoms with Gasteiger partial charge in [-0.1, -0.05) is 0 Å². The molecule has 0 rings (SSSR count). The number of hydrogen-bond acceptors (Lipinski definition) is 1. The molecule has 0 aliphatic heterocycles. The van der Waals surface area contributed by atoms with Crippen LogP contribution in [-0.4, -0.2) is 25.8 Å². The van der Waals surface area contributed by atoms with Crippen molar-refractivity contribution in [3.8, 4) is 0 Å². The molecule has 0 aromatic rings. The Balaban J connectivity index is 0.